The highest BCUT2D eigenvalue weighted by atomic mass is 16.3. The summed E-state index contributed by atoms with van der Waals surface area (Å²) in [5.74, 6) is 1.89. The summed E-state index contributed by atoms with van der Waals surface area (Å²) in [4.78, 5) is 12.1. The molecule has 4 rings (SSSR count). The number of aliphatic hydroxyl groups is 1. The molecule has 0 aliphatic heterocycles. The van der Waals surface area contributed by atoms with Crippen LogP contribution in [0.5, 0.6) is 0 Å². The van der Waals surface area contributed by atoms with Gasteiger partial charge in [-0.3, -0.25) is 4.79 Å². The van der Waals surface area contributed by atoms with Gasteiger partial charge in [-0.2, -0.15) is 0 Å². The van der Waals surface area contributed by atoms with Crippen molar-refractivity contribution in [1.29, 1.82) is 0 Å². The predicted molar refractivity (Wildman–Crippen MR) is 91.9 cm³/mol. The second-order valence-electron chi connectivity index (χ2n) is 9.06. The summed E-state index contributed by atoms with van der Waals surface area (Å²) in [7, 11) is 0. The van der Waals surface area contributed by atoms with E-state index in [1.807, 2.05) is 0 Å². The van der Waals surface area contributed by atoms with E-state index in [9.17, 15) is 9.90 Å². The SMILES string of the molecule is CC(=O)[C@H]1CC[C@H]2C3=CC=C4CC(O)CC[C@]4(C)[C@H]3CC[C@]12C. The van der Waals surface area contributed by atoms with Crippen molar-refractivity contribution in [2.24, 2.45) is 28.6 Å². The lowest BCUT2D eigenvalue weighted by atomic mass is 9.50. The molecule has 0 amide bonds. The Morgan fingerprint density at radius 3 is 2.61 bits per heavy atom. The van der Waals surface area contributed by atoms with Gasteiger partial charge in [0.1, 0.15) is 5.78 Å². The van der Waals surface area contributed by atoms with Gasteiger partial charge in [-0.25, -0.2) is 0 Å². The van der Waals surface area contributed by atoms with Gasteiger partial charge >= 0.3 is 0 Å². The van der Waals surface area contributed by atoms with Crippen molar-refractivity contribution in [2.45, 2.75) is 71.8 Å². The lowest BCUT2D eigenvalue weighted by Crippen LogP contribution is -2.46. The molecule has 0 aromatic heterocycles. The molecule has 3 fully saturated rings. The number of ketones is 1. The first-order valence-corrected chi connectivity index (χ1v) is 9.46. The van der Waals surface area contributed by atoms with Gasteiger partial charge < -0.3 is 5.11 Å². The number of fused-ring (bicyclic) bond motifs is 5. The van der Waals surface area contributed by atoms with E-state index in [0.29, 0.717) is 17.6 Å². The summed E-state index contributed by atoms with van der Waals surface area (Å²) >= 11 is 0. The lowest BCUT2D eigenvalue weighted by molar-refractivity contribution is -0.124. The largest absolute Gasteiger partial charge is 0.393 e. The number of aliphatic hydroxyl groups excluding tert-OH is 1. The van der Waals surface area contributed by atoms with Crippen molar-refractivity contribution in [3.05, 3.63) is 23.3 Å². The van der Waals surface area contributed by atoms with Crippen LogP contribution in [0.1, 0.15) is 65.7 Å². The standard InChI is InChI=1S/C21H30O2/c1-13(22)17-6-7-18-16-5-4-14-12-15(23)8-10-20(14,2)19(16)9-11-21(17,18)3/h4-5,15,17-19,23H,6-12H2,1-3H3/t15?,17-,18+,19+,20+,21-/m1/s1. The summed E-state index contributed by atoms with van der Waals surface area (Å²) in [6, 6.07) is 0. The summed E-state index contributed by atoms with van der Waals surface area (Å²) in [6.07, 6.45) is 12.1. The van der Waals surface area contributed by atoms with Crippen LogP contribution in [0.2, 0.25) is 0 Å². The van der Waals surface area contributed by atoms with Gasteiger partial charge in [-0.1, -0.05) is 37.1 Å². The number of allylic oxidation sites excluding steroid dienone is 3. The van der Waals surface area contributed by atoms with E-state index in [0.717, 1.165) is 25.7 Å². The summed E-state index contributed by atoms with van der Waals surface area (Å²) in [5.41, 5.74) is 3.53. The quantitative estimate of drug-likeness (QED) is 0.777. The number of Topliss-reactive ketones (excluding diaryl/α,β-unsaturated/α-hetero) is 1. The molecular weight excluding hydrogens is 284 g/mol. The maximum absolute atomic E-state index is 12.1. The molecule has 2 nitrogen and oxygen atoms in total. The van der Waals surface area contributed by atoms with E-state index in [4.69, 9.17) is 0 Å². The number of rotatable bonds is 1. The predicted octanol–water partition coefficient (Wildman–Crippen LogP) is 4.44. The van der Waals surface area contributed by atoms with Gasteiger partial charge in [-0.15, -0.1) is 0 Å². The van der Waals surface area contributed by atoms with Crippen LogP contribution < -0.4 is 0 Å². The molecule has 0 aromatic rings. The molecule has 0 spiro atoms. The fourth-order valence-electron chi connectivity index (χ4n) is 6.65. The van der Waals surface area contributed by atoms with Gasteiger partial charge in [0, 0.05) is 5.92 Å². The molecule has 4 aliphatic rings. The second-order valence-corrected chi connectivity index (χ2v) is 9.06. The van der Waals surface area contributed by atoms with Crippen LogP contribution in [0.3, 0.4) is 0 Å². The van der Waals surface area contributed by atoms with E-state index >= 15 is 0 Å². The van der Waals surface area contributed by atoms with E-state index in [1.54, 1.807) is 12.5 Å². The molecule has 1 unspecified atom stereocenters. The molecule has 0 aromatic carbocycles. The number of carbonyl (C=O) groups is 1. The first kappa shape index (κ1) is 15.6. The van der Waals surface area contributed by atoms with Crippen molar-refractivity contribution in [3.8, 4) is 0 Å². The average molecular weight is 314 g/mol. The zero-order valence-corrected chi connectivity index (χ0v) is 14.8. The highest BCUT2D eigenvalue weighted by Crippen LogP contribution is 2.64. The van der Waals surface area contributed by atoms with Crippen LogP contribution in [0.4, 0.5) is 0 Å². The van der Waals surface area contributed by atoms with Gasteiger partial charge in [-0.05, 0) is 74.5 Å². The first-order chi connectivity index (χ1) is 10.9. The highest BCUT2D eigenvalue weighted by molar-refractivity contribution is 5.79. The smallest absolute Gasteiger partial charge is 0.133 e. The molecule has 23 heavy (non-hydrogen) atoms. The highest BCUT2D eigenvalue weighted by Gasteiger charge is 2.57. The lowest BCUT2D eigenvalue weighted by Gasteiger charge is -2.54. The Morgan fingerprint density at radius 1 is 1.09 bits per heavy atom. The minimum Gasteiger partial charge on any atom is -0.393 e. The molecule has 4 aliphatic carbocycles. The van der Waals surface area contributed by atoms with Gasteiger partial charge in [0.25, 0.3) is 0 Å². The Kier molecular flexibility index (Phi) is 3.43. The number of carbonyl (C=O) groups excluding carboxylic acids is 1. The van der Waals surface area contributed by atoms with Crippen LogP contribution in [0.15, 0.2) is 23.3 Å². The third-order valence-corrected chi connectivity index (χ3v) is 8.04. The molecule has 3 saturated carbocycles. The van der Waals surface area contributed by atoms with Crippen LogP contribution in [-0.2, 0) is 4.79 Å². The molecule has 6 atom stereocenters. The third kappa shape index (κ3) is 2.06. The summed E-state index contributed by atoms with van der Waals surface area (Å²) in [5, 5.41) is 10.0. The van der Waals surface area contributed by atoms with E-state index < -0.39 is 0 Å². The Morgan fingerprint density at radius 2 is 1.87 bits per heavy atom. The fraction of sp³-hybridized carbons (Fsp3) is 0.762. The van der Waals surface area contributed by atoms with Gasteiger partial charge in [0.2, 0.25) is 0 Å². The van der Waals surface area contributed by atoms with Crippen molar-refractivity contribution in [3.63, 3.8) is 0 Å². The molecule has 2 heteroatoms. The molecule has 0 heterocycles. The Hall–Kier alpha value is -0.890. The molecule has 0 bridgehead atoms. The minimum atomic E-state index is -0.147. The Bertz CT molecular complexity index is 601. The normalized spacial score (nSPS) is 48.7. The van der Waals surface area contributed by atoms with E-state index in [1.165, 1.54) is 24.8 Å². The monoisotopic (exact) mass is 314 g/mol. The number of hydrogen-bond acceptors (Lipinski definition) is 2. The Balaban J connectivity index is 1.72. The topological polar surface area (TPSA) is 37.3 Å². The average Bonchev–Trinajstić information content (AvgIpc) is 2.85. The van der Waals surface area contributed by atoms with Gasteiger partial charge in [0.15, 0.2) is 0 Å². The molecular formula is C21H30O2. The molecule has 0 radical (unpaired) electrons. The van der Waals surface area contributed by atoms with Crippen LogP contribution in [-0.4, -0.2) is 17.0 Å². The third-order valence-electron chi connectivity index (χ3n) is 8.04. The van der Waals surface area contributed by atoms with Gasteiger partial charge in [0.05, 0.1) is 6.10 Å². The van der Waals surface area contributed by atoms with Crippen LogP contribution >= 0.6 is 0 Å². The number of hydrogen-bond donors (Lipinski definition) is 1. The maximum Gasteiger partial charge on any atom is 0.133 e. The second kappa shape index (κ2) is 5.05. The first-order valence-electron chi connectivity index (χ1n) is 9.46. The summed E-state index contributed by atoms with van der Waals surface area (Å²) in [6.45, 7) is 6.60. The van der Waals surface area contributed by atoms with Crippen LogP contribution in [0.25, 0.3) is 0 Å². The van der Waals surface area contributed by atoms with E-state index in [-0.39, 0.29) is 22.9 Å². The van der Waals surface area contributed by atoms with Crippen molar-refractivity contribution >= 4 is 5.78 Å². The summed E-state index contributed by atoms with van der Waals surface area (Å²) < 4.78 is 0. The zero-order chi connectivity index (χ0) is 16.4. The van der Waals surface area contributed by atoms with Crippen molar-refractivity contribution in [1.82, 2.24) is 0 Å². The molecule has 0 saturated heterocycles. The van der Waals surface area contributed by atoms with Crippen molar-refractivity contribution in [2.75, 3.05) is 0 Å². The Labute approximate surface area is 140 Å². The fourth-order valence-corrected chi connectivity index (χ4v) is 6.65. The van der Waals surface area contributed by atoms with Crippen molar-refractivity contribution < 1.29 is 9.90 Å². The van der Waals surface area contributed by atoms with Crippen LogP contribution in [0, 0.1) is 28.6 Å². The maximum atomic E-state index is 12.1. The molecule has 1 N–H and O–H groups in total. The minimum absolute atomic E-state index is 0.147. The zero-order valence-electron chi connectivity index (χ0n) is 14.8. The van der Waals surface area contributed by atoms with E-state index in [2.05, 4.69) is 26.0 Å². The molecule has 126 valence electrons.